The topological polar surface area (TPSA) is 50.4 Å². The van der Waals surface area contributed by atoms with Crippen LogP contribution in [0.2, 0.25) is 0 Å². The zero-order valence-electron chi connectivity index (χ0n) is 12.3. The van der Waals surface area contributed by atoms with Crippen LogP contribution in [-0.2, 0) is 6.54 Å². The number of benzene rings is 2. The van der Waals surface area contributed by atoms with Crippen molar-refractivity contribution >= 4 is 11.6 Å². The van der Waals surface area contributed by atoms with Gasteiger partial charge in [-0.25, -0.2) is 4.99 Å². The third-order valence-electron chi connectivity index (χ3n) is 3.46. The van der Waals surface area contributed by atoms with Crippen molar-refractivity contribution in [3.63, 3.8) is 0 Å². The second kappa shape index (κ2) is 6.24. The summed E-state index contributed by atoms with van der Waals surface area (Å²) in [5.74, 6) is 0.441. The first-order chi connectivity index (χ1) is 9.56. The molecule has 0 heterocycles. The Kier molecular flexibility index (Phi) is 4.41. The summed E-state index contributed by atoms with van der Waals surface area (Å²) < 4.78 is 0. The number of aryl methyl sites for hydroxylation is 3. The molecule has 0 unspecified atom stereocenters. The Morgan fingerprint density at radius 2 is 1.75 bits per heavy atom. The molecule has 20 heavy (non-hydrogen) atoms. The molecule has 0 radical (unpaired) electrons. The van der Waals surface area contributed by atoms with Crippen LogP contribution in [0.25, 0.3) is 0 Å². The van der Waals surface area contributed by atoms with E-state index < -0.39 is 0 Å². The van der Waals surface area contributed by atoms with Crippen LogP contribution < -0.4 is 11.1 Å². The van der Waals surface area contributed by atoms with Crippen molar-refractivity contribution in [2.45, 2.75) is 27.3 Å². The Labute approximate surface area is 120 Å². The van der Waals surface area contributed by atoms with Gasteiger partial charge in [0, 0.05) is 5.69 Å². The fourth-order valence-corrected chi connectivity index (χ4v) is 1.96. The number of aliphatic imine (C=N–C) groups is 1. The maximum absolute atomic E-state index is 5.93. The number of nitrogens with one attached hydrogen (secondary N) is 1. The molecule has 0 aromatic heterocycles. The minimum atomic E-state index is 0.441. The molecule has 0 spiro atoms. The van der Waals surface area contributed by atoms with E-state index in [2.05, 4.69) is 55.3 Å². The molecule has 0 aliphatic rings. The molecule has 0 saturated heterocycles. The Balaban J connectivity index is 2.04. The maximum atomic E-state index is 5.93. The van der Waals surface area contributed by atoms with Crippen LogP contribution in [0.1, 0.15) is 22.3 Å². The SMILES string of the molecule is Cc1ccc(NC(N)=NCc2ccccc2C)cc1C. The lowest BCUT2D eigenvalue weighted by atomic mass is 10.1. The standard InChI is InChI=1S/C17H21N3/c1-12-8-9-16(10-14(12)3)20-17(18)19-11-15-7-5-4-6-13(15)2/h4-10H,11H2,1-3H3,(H3,18,19,20). The van der Waals surface area contributed by atoms with Crippen LogP contribution in [-0.4, -0.2) is 5.96 Å². The molecular weight excluding hydrogens is 246 g/mol. The fourth-order valence-electron chi connectivity index (χ4n) is 1.96. The number of rotatable bonds is 3. The molecule has 3 heteroatoms. The average molecular weight is 267 g/mol. The van der Waals surface area contributed by atoms with E-state index in [1.807, 2.05) is 18.2 Å². The van der Waals surface area contributed by atoms with E-state index in [1.54, 1.807) is 0 Å². The van der Waals surface area contributed by atoms with Crippen molar-refractivity contribution in [1.82, 2.24) is 0 Å². The highest BCUT2D eigenvalue weighted by Crippen LogP contribution is 2.14. The zero-order chi connectivity index (χ0) is 14.5. The molecule has 0 aliphatic carbocycles. The van der Waals surface area contributed by atoms with Gasteiger partial charge in [0.1, 0.15) is 0 Å². The van der Waals surface area contributed by atoms with Gasteiger partial charge in [-0.15, -0.1) is 0 Å². The van der Waals surface area contributed by atoms with Crippen molar-refractivity contribution in [1.29, 1.82) is 0 Å². The van der Waals surface area contributed by atoms with Gasteiger partial charge in [-0.3, -0.25) is 0 Å². The van der Waals surface area contributed by atoms with Crippen LogP contribution >= 0.6 is 0 Å². The molecule has 0 atom stereocenters. The normalized spacial score (nSPS) is 11.4. The molecule has 0 aliphatic heterocycles. The summed E-state index contributed by atoms with van der Waals surface area (Å²) in [6, 6.07) is 14.4. The first-order valence-electron chi connectivity index (χ1n) is 6.75. The highest BCUT2D eigenvalue weighted by Gasteiger charge is 1.99. The van der Waals surface area contributed by atoms with Crippen molar-refractivity contribution in [2.24, 2.45) is 10.7 Å². The van der Waals surface area contributed by atoms with E-state index in [9.17, 15) is 0 Å². The van der Waals surface area contributed by atoms with Gasteiger partial charge >= 0.3 is 0 Å². The molecule has 2 rings (SSSR count). The van der Waals surface area contributed by atoms with Gasteiger partial charge < -0.3 is 11.1 Å². The number of guanidine groups is 1. The molecule has 0 fully saturated rings. The lowest BCUT2D eigenvalue weighted by Gasteiger charge is -2.08. The van der Waals surface area contributed by atoms with E-state index in [4.69, 9.17) is 5.73 Å². The Morgan fingerprint density at radius 1 is 1.00 bits per heavy atom. The maximum Gasteiger partial charge on any atom is 0.193 e. The largest absolute Gasteiger partial charge is 0.370 e. The summed E-state index contributed by atoms with van der Waals surface area (Å²) in [4.78, 5) is 4.39. The van der Waals surface area contributed by atoms with Gasteiger partial charge in [0.05, 0.1) is 6.54 Å². The van der Waals surface area contributed by atoms with Crippen LogP contribution in [0.3, 0.4) is 0 Å². The molecule has 0 amide bonds. The average Bonchev–Trinajstić information content (AvgIpc) is 2.42. The van der Waals surface area contributed by atoms with Gasteiger partial charge in [0.15, 0.2) is 5.96 Å². The number of hydrogen-bond donors (Lipinski definition) is 2. The lowest BCUT2D eigenvalue weighted by Crippen LogP contribution is -2.22. The molecule has 3 nitrogen and oxygen atoms in total. The Hall–Kier alpha value is -2.29. The van der Waals surface area contributed by atoms with Gasteiger partial charge in [-0.1, -0.05) is 30.3 Å². The predicted molar refractivity (Wildman–Crippen MR) is 86.0 cm³/mol. The van der Waals surface area contributed by atoms with Crippen LogP contribution in [0, 0.1) is 20.8 Å². The quantitative estimate of drug-likeness (QED) is 0.660. The molecule has 2 aromatic carbocycles. The second-order valence-corrected chi connectivity index (χ2v) is 5.05. The molecule has 104 valence electrons. The first-order valence-corrected chi connectivity index (χ1v) is 6.75. The van der Waals surface area contributed by atoms with E-state index in [0.717, 1.165) is 5.69 Å². The second-order valence-electron chi connectivity index (χ2n) is 5.05. The first kappa shape index (κ1) is 14.1. The third kappa shape index (κ3) is 3.60. The minimum absolute atomic E-state index is 0.441. The minimum Gasteiger partial charge on any atom is -0.370 e. The van der Waals surface area contributed by atoms with Gasteiger partial charge in [0.25, 0.3) is 0 Å². The van der Waals surface area contributed by atoms with Crippen molar-refractivity contribution < 1.29 is 0 Å². The van der Waals surface area contributed by atoms with E-state index in [0.29, 0.717) is 12.5 Å². The number of nitrogens with two attached hydrogens (primary N) is 1. The molecule has 0 bridgehead atoms. The highest BCUT2D eigenvalue weighted by atomic mass is 15.1. The zero-order valence-corrected chi connectivity index (χ0v) is 12.3. The summed E-state index contributed by atoms with van der Waals surface area (Å²) in [5.41, 5.74) is 11.8. The summed E-state index contributed by atoms with van der Waals surface area (Å²) in [6.07, 6.45) is 0. The predicted octanol–water partition coefficient (Wildman–Crippen LogP) is 3.54. The van der Waals surface area contributed by atoms with Crippen LogP contribution in [0.5, 0.6) is 0 Å². The van der Waals surface area contributed by atoms with Crippen LogP contribution in [0.15, 0.2) is 47.5 Å². The van der Waals surface area contributed by atoms with Crippen molar-refractivity contribution in [3.05, 3.63) is 64.7 Å². The third-order valence-corrected chi connectivity index (χ3v) is 3.46. The number of nitrogens with zero attached hydrogens (tertiary/aromatic N) is 1. The Morgan fingerprint density at radius 3 is 2.45 bits per heavy atom. The van der Waals surface area contributed by atoms with E-state index in [-0.39, 0.29) is 0 Å². The van der Waals surface area contributed by atoms with E-state index >= 15 is 0 Å². The Bertz CT molecular complexity index is 630. The molecule has 0 saturated carbocycles. The highest BCUT2D eigenvalue weighted by molar-refractivity contribution is 5.92. The monoisotopic (exact) mass is 267 g/mol. The van der Waals surface area contributed by atoms with E-state index in [1.165, 1.54) is 22.3 Å². The van der Waals surface area contributed by atoms with Gasteiger partial charge in [0.2, 0.25) is 0 Å². The summed E-state index contributed by atoms with van der Waals surface area (Å²) in [5, 5.41) is 3.13. The molecule has 3 N–H and O–H groups in total. The number of anilines is 1. The van der Waals surface area contributed by atoms with Crippen LogP contribution in [0.4, 0.5) is 5.69 Å². The van der Waals surface area contributed by atoms with Crippen molar-refractivity contribution in [3.8, 4) is 0 Å². The molecule has 2 aromatic rings. The lowest BCUT2D eigenvalue weighted by molar-refractivity contribution is 1.04. The molecular formula is C17H21N3. The van der Waals surface area contributed by atoms with Gasteiger partial charge in [-0.05, 0) is 55.2 Å². The summed E-state index contributed by atoms with van der Waals surface area (Å²) >= 11 is 0. The van der Waals surface area contributed by atoms with Gasteiger partial charge in [-0.2, -0.15) is 0 Å². The fraction of sp³-hybridized carbons (Fsp3) is 0.235. The summed E-state index contributed by atoms with van der Waals surface area (Å²) in [6.45, 7) is 6.85. The smallest absolute Gasteiger partial charge is 0.193 e. The summed E-state index contributed by atoms with van der Waals surface area (Å²) in [7, 11) is 0. The van der Waals surface area contributed by atoms with Crippen molar-refractivity contribution in [2.75, 3.05) is 5.32 Å². The number of hydrogen-bond acceptors (Lipinski definition) is 1.